The minimum Gasteiger partial charge on any atom is -0.207 e. The number of benzene rings is 3. The van der Waals surface area contributed by atoms with Crippen molar-refractivity contribution >= 4 is 10.0 Å². The van der Waals surface area contributed by atoms with Crippen LogP contribution in [0.4, 0.5) is 0 Å². The van der Waals surface area contributed by atoms with Gasteiger partial charge in [0.2, 0.25) is 10.0 Å². The summed E-state index contributed by atoms with van der Waals surface area (Å²) >= 11 is 0. The first-order valence-corrected chi connectivity index (χ1v) is 10.6. The molecule has 0 atom stereocenters. The normalized spacial score (nSPS) is 11.9. The summed E-state index contributed by atoms with van der Waals surface area (Å²) in [5.41, 5.74) is 3.44. The topological polar surface area (TPSA) is 37.4 Å². The maximum absolute atomic E-state index is 12.9. The van der Waals surface area contributed by atoms with Gasteiger partial charge in [-0.25, -0.2) is 12.7 Å². The van der Waals surface area contributed by atoms with E-state index in [0.717, 1.165) is 12.0 Å². The molecule has 0 amide bonds. The highest BCUT2D eigenvalue weighted by Crippen LogP contribution is 2.28. The number of hydrogen-bond acceptors (Lipinski definition) is 2. The first-order valence-electron chi connectivity index (χ1n) is 9.11. The zero-order valence-electron chi connectivity index (χ0n) is 15.7. The number of rotatable bonds is 7. The smallest absolute Gasteiger partial charge is 0.207 e. The summed E-state index contributed by atoms with van der Waals surface area (Å²) in [4.78, 5) is 0.339. The molecule has 3 nitrogen and oxygen atoms in total. The van der Waals surface area contributed by atoms with Crippen LogP contribution in [0, 0.1) is 6.92 Å². The van der Waals surface area contributed by atoms with Gasteiger partial charge in [-0.1, -0.05) is 78.4 Å². The van der Waals surface area contributed by atoms with Crippen LogP contribution in [0.3, 0.4) is 0 Å². The molecule has 0 heterocycles. The molecule has 140 valence electrons. The SMILES string of the molecule is Cc1ccc(S(=O)(=O)N(C)CCC(c2ccccc2)c2ccccc2)cc1. The van der Waals surface area contributed by atoms with E-state index in [0.29, 0.717) is 11.4 Å². The highest BCUT2D eigenvalue weighted by Gasteiger charge is 2.22. The van der Waals surface area contributed by atoms with Gasteiger partial charge in [-0.05, 0) is 36.6 Å². The molecular formula is C23H25NO2S. The van der Waals surface area contributed by atoms with Crippen LogP contribution in [0.2, 0.25) is 0 Å². The third-order valence-corrected chi connectivity index (χ3v) is 6.74. The largest absolute Gasteiger partial charge is 0.242 e. The minimum atomic E-state index is -3.48. The molecule has 0 radical (unpaired) electrons. The lowest BCUT2D eigenvalue weighted by Gasteiger charge is -2.22. The lowest BCUT2D eigenvalue weighted by atomic mass is 9.88. The summed E-state index contributed by atoms with van der Waals surface area (Å²) in [5, 5.41) is 0. The molecule has 0 N–H and O–H groups in total. The van der Waals surface area contributed by atoms with Crippen LogP contribution >= 0.6 is 0 Å². The molecule has 0 unspecified atom stereocenters. The maximum atomic E-state index is 12.9. The Morgan fingerprint density at radius 3 is 1.74 bits per heavy atom. The van der Waals surface area contributed by atoms with Crippen LogP contribution in [0.1, 0.15) is 29.0 Å². The molecule has 0 bridgehead atoms. The minimum absolute atomic E-state index is 0.156. The highest BCUT2D eigenvalue weighted by atomic mass is 32.2. The van der Waals surface area contributed by atoms with Gasteiger partial charge in [-0.2, -0.15) is 0 Å². The fourth-order valence-electron chi connectivity index (χ4n) is 3.22. The van der Waals surface area contributed by atoms with Crippen LogP contribution in [0.15, 0.2) is 89.8 Å². The quantitative estimate of drug-likeness (QED) is 0.589. The third-order valence-electron chi connectivity index (χ3n) is 4.87. The molecule has 4 heteroatoms. The van der Waals surface area contributed by atoms with E-state index in [4.69, 9.17) is 0 Å². The highest BCUT2D eigenvalue weighted by molar-refractivity contribution is 7.89. The Labute approximate surface area is 162 Å². The predicted octanol–water partition coefficient (Wildman–Crippen LogP) is 4.84. The second-order valence-electron chi connectivity index (χ2n) is 6.80. The van der Waals surface area contributed by atoms with E-state index in [1.165, 1.54) is 15.4 Å². The van der Waals surface area contributed by atoms with Crippen LogP contribution < -0.4 is 0 Å². The molecule has 3 aromatic carbocycles. The fraction of sp³-hybridized carbons (Fsp3) is 0.217. The predicted molar refractivity (Wildman–Crippen MR) is 110 cm³/mol. The lowest BCUT2D eigenvalue weighted by molar-refractivity contribution is 0.451. The van der Waals surface area contributed by atoms with Gasteiger partial charge >= 0.3 is 0 Å². The Kier molecular flexibility index (Phi) is 6.09. The van der Waals surface area contributed by atoms with Crippen LogP contribution in [0.5, 0.6) is 0 Å². The molecule has 3 aromatic rings. The molecule has 0 aromatic heterocycles. The summed E-state index contributed by atoms with van der Waals surface area (Å²) in [5.74, 6) is 0.156. The molecule has 0 saturated heterocycles. The molecule has 0 fully saturated rings. The van der Waals surface area contributed by atoms with E-state index in [9.17, 15) is 8.42 Å². The Bertz CT molecular complexity index is 913. The van der Waals surface area contributed by atoms with Crippen molar-refractivity contribution in [2.45, 2.75) is 24.2 Å². The number of nitrogens with zero attached hydrogens (tertiary/aromatic N) is 1. The van der Waals surface area contributed by atoms with Gasteiger partial charge in [-0.15, -0.1) is 0 Å². The van der Waals surface area contributed by atoms with Crippen molar-refractivity contribution in [1.29, 1.82) is 0 Å². The average molecular weight is 380 g/mol. The van der Waals surface area contributed by atoms with Crippen molar-refractivity contribution in [3.05, 3.63) is 102 Å². The second-order valence-corrected chi connectivity index (χ2v) is 8.85. The fourth-order valence-corrected chi connectivity index (χ4v) is 4.40. The summed E-state index contributed by atoms with van der Waals surface area (Å²) in [6.07, 6.45) is 0.718. The first-order chi connectivity index (χ1) is 13.0. The van der Waals surface area contributed by atoms with Crippen LogP contribution in [-0.2, 0) is 10.0 Å². The molecular weight excluding hydrogens is 354 g/mol. The molecule has 27 heavy (non-hydrogen) atoms. The standard InChI is InChI=1S/C23H25NO2S/c1-19-13-15-22(16-14-19)27(25,26)24(2)18-17-23(20-9-5-3-6-10-20)21-11-7-4-8-12-21/h3-16,23H,17-18H2,1-2H3. The van der Waals surface area contributed by atoms with Crippen molar-refractivity contribution in [2.75, 3.05) is 13.6 Å². The number of aryl methyl sites for hydroxylation is 1. The zero-order valence-corrected chi connectivity index (χ0v) is 16.6. The maximum Gasteiger partial charge on any atom is 0.242 e. The van der Waals surface area contributed by atoms with E-state index < -0.39 is 10.0 Å². The van der Waals surface area contributed by atoms with E-state index in [1.54, 1.807) is 19.2 Å². The summed E-state index contributed by atoms with van der Waals surface area (Å²) in [7, 11) is -1.83. The van der Waals surface area contributed by atoms with Crippen molar-refractivity contribution < 1.29 is 8.42 Å². The Morgan fingerprint density at radius 1 is 0.778 bits per heavy atom. The van der Waals surface area contributed by atoms with Gasteiger partial charge in [0.1, 0.15) is 0 Å². The number of sulfonamides is 1. The van der Waals surface area contributed by atoms with E-state index in [2.05, 4.69) is 24.3 Å². The average Bonchev–Trinajstić information content (AvgIpc) is 2.70. The second kappa shape index (κ2) is 8.51. The Balaban J connectivity index is 1.80. The van der Waals surface area contributed by atoms with E-state index >= 15 is 0 Å². The van der Waals surface area contributed by atoms with Gasteiger partial charge in [0, 0.05) is 19.5 Å². The van der Waals surface area contributed by atoms with Crippen molar-refractivity contribution in [3.63, 3.8) is 0 Å². The van der Waals surface area contributed by atoms with Gasteiger partial charge in [0.05, 0.1) is 4.90 Å². The summed E-state index contributed by atoms with van der Waals surface area (Å²) in [6.45, 7) is 2.40. The monoisotopic (exact) mass is 379 g/mol. The van der Waals surface area contributed by atoms with E-state index in [1.807, 2.05) is 55.5 Å². The van der Waals surface area contributed by atoms with Gasteiger partial charge in [-0.3, -0.25) is 0 Å². The third kappa shape index (κ3) is 4.65. The Hall–Kier alpha value is -2.43. The van der Waals surface area contributed by atoms with Crippen LogP contribution in [-0.4, -0.2) is 26.3 Å². The van der Waals surface area contributed by atoms with Gasteiger partial charge in [0.15, 0.2) is 0 Å². The van der Waals surface area contributed by atoms with Crippen LogP contribution in [0.25, 0.3) is 0 Å². The molecule has 0 spiro atoms. The first kappa shape index (κ1) is 19.3. The number of hydrogen-bond donors (Lipinski definition) is 0. The molecule has 3 rings (SSSR count). The molecule has 0 aliphatic rings. The van der Waals surface area contributed by atoms with E-state index in [-0.39, 0.29) is 5.92 Å². The van der Waals surface area contributed by atoms with Crippen molar-refractivity contribution in [1.82, 2.24) is 4.31 Å². The lowest BCUT2D eigenvalue weighted by Crippen LogP contribution is -2.29. The summed E-state index contributed by atoms with van der Waals surface area (Å²) < 4.78 is 27.2. The van der Waals surface area contributed by atoms with Gasteiger partial charge < -0.3 is 0 Å². The van der Waals surface area contributed by atoms with Crippen molar-refractivity contribution in [3.8, 4) is 0 Å². The summed E-state index contributed by atoms with van der Waals surface area (Å²) in [6, 6.07) is 27.5. The van der Waals surface area contributed by atoms with Crippen molar-refractivity contribution in [2.24, 2.45) is 0 Å². The molecule has 0 saturated carbocycles. The van der Waals surface area contributed by atoms with Gasteiger partial charge in [0.25, 0.3) is 0 Å². The molecule has 0 aliphatic heterocycles. The zero-order chi connectivity index (χ0) is 19.3. The molecule has 0 aliphatic carbocycles. The Morgan fingerprint density at radius 2 is 1.26 bits per heavy atom.